The van der Waals surface area contributed by atoms with Crippen LogP contribution in [0.15, 0.2) is 53.4 Å². The van der Waals surface area contributed by atoms with Gasteiger partial charge in [-0.05, 0) is 48.2 Å². The van der Waals surface area contributed by atoms with Crippen LogP contribution in [0, 0.1) is 0 Å². The highest BCUT2D eigenvalue weighted by Crippen LogP contribution is 2.26. The lowest BCUT2D eigenvalue weighted by Gasteiger charge is -2.28. The topological polar surface area (TPSA) is 46.6 Å². The number of rotatable bonds is 6. The number of nitrogens with zero attached hydrogens (tertiary/aromatic N) is 1. The summed E-state index contributed by atoms with van der Waals surface area (Å²) in [6, 6.07) is 14.8. The second kappa shape index (κ2) is 7.36. The van der Waals surface area contributed by atoms with E-state index in [0.29, 0.717) is 30.3 Å². The summed E-state index contributed by atoms with van der Waals surface area (Å²) in [5.74, 6) is 0.714. The molecule has 1 aliphatic heterocycles. The van der Waals surface area contributed by atoms with Gasteiger partial charge in [0.15, 0.2) is 0 Å². The summed E-state index contributed by atoms with van der Waals surface area (Å²) in [6.07, 6.45) is 2.82. The molecule has 1 heterocycles. The highest BCUT2D eigenvalue weighted by Gasteiger charge is 2.28. The molecule has 4 nitrogen and oxygen atoms in total. The van der Waals surface area contributed by atoms with Gasteiger partial charge in [0.05, 0.1) is 11.5 Å². The molecule has 24 heavy (non-hydrogen) atoms. The Morgan fingerprint density at radius 3 is 2.46 bits per heavy atom. The number of fused-ring (bicyclic) bond motifs is 1. The zero-order valence-corrected chi connectivity index (χ0v) is 14.8. The summed E-state index contributed by atoms with van der Waals surface area (Å²) in [5.41, 5.74) is 2.33. The van der Waals surface area contributed by atoms with Crippen molar-refractivity contribution in [3.05, 3.63) is 59.7 Å². The van der Waals surface area contributed by atoms with Gasteiger partial charge in [0, 0.05) is 13.1 Å². The summed E-state index contributed by atoms with van der Waals surface area (Å²) in [7, 11) is -3.47. The van der Waals surface area contributed by atoms with Crippen molar-refractivity contribution < 1.29 is 13.2 Å². The number of ether oxygens (including phenoxy) is 1. The molecule has 3 rings (SSSR count). The highest BCUT2D eigenvalue weighted by molar-refractivity contribution is 7.89. The maximum atomic E-state index is 12.9. The molecule has 0 saturated heterocycles. The van der Waals surface area contributed by atoms with E-state index >= 15 is 0 Å². The third kappa shape index (κ3) is 3.62. The maximum Gasteiger partial charge on any atom is 0.243 e. The Bertz CT molecular complexity index is 785. The molecule has 0 aromatic heterocycles. The quantitative estimate of drug-likeness (QED) is 0.751. The molecule has 1 aliphatic rings. The van der Waals surface area contributed by atoms with Crippen LogP contribution in [0.5, 0.6) is 5.75 Å². The number of unbranched alkanes of at least 4 members (excludes halogenated alkanes) is 1. The van der Waals surface area contributed by atoms with Crippen LogP contribution in [0.1, 0.15) is 30.9 Å². The second-order valence-corrected chi connectivity index (χ2v) is 7.97. The minimum absolute atomic E-state index is 0.324. The first kappa shape index (κ1) is 17.0. The molecule has 0 N–H and O–H groups in total. The third-order valence-electron chi connectivity index (χ3n) is 4.32. The Morgan fingerprint density at radius 1 is 1.04 bits per heavy atom. The van der Waals surface area contributed by atoms with Gasteiger partial charge >= 0.3 is 0 Å². The lowest BCUT2D eigenvalue weighted by atomic mass is 10.0. The largest absolute Gasteiger partial charge is 0.494 e. The molecule has 0 saturated carbocycles. The van der Waals surface area contributed by atoms with Crippen molar-refractivity contribution in [1.29, 1.82) is 0 Å². The standard InChI is InChI=1S/C19H23NO3S/c1-2-3-14-23-18-8-10-19(11-9-18)24(21,22)20-13-12-16-6-4-5-7-17(16)15-20/h4-11H,2-3,12-15H2,1H3. The number of hydrogen-bond acceptors (Lipinski definition) is 3. The van der Waals surface area contributed by atoms with Crippen LogP contribution < -0.4 is 4.74 Å². The van der Waals surface area contributed by atoms with Crippen molar-refractivity contribution in [3.8, 4) is 5.75 Å². The Labute approximate surface area is 144 Å². The zero-order chi connectivity index (χ0) is 17.0. The fourth-order valence-electron chi connectivity index (χ4n) is 2.87. The van der Waals surface area contributed by atoms with E-state index < -0.39 is 10.0 Å². The van der Waals surface area contributed by atoms with Crippen LogP contribution in [0.3, 0.4) is 0 Å². The summed E-state index contributed by atoms with van der Waals surface area (Å²) in [6.45, 7) is 3.72. The van der Waals surface area contributed by atoms with E-state index in [1.165, 1.54) is 5.56 Å². The van der Waals surface area contributed by atoms with Crippen LogP contribution in [-0.4, -0.2) is 25.9 Å². The Balaban J connectivity index is 1.74. The van der Waals surface area contributed by atoms with Gasteiger partial charge in [-0.2, -0.15) is 4.31 Å². The first-order valence-corrected chi connectivity index (χ1v) is 9.85. The smallest absolute Gasteiger partial charge is 0.243 e. The Morgan fingerprint density at radius 2 is 1.75 bits per heavy atom. The van der Waals surface area contributed by atoms with Crippen molar-refractivity contribution in [2.75, 3.05) is 13.2 Å². The average molecular weight is 345 g/mol. The van der Waals surface area contributed by atoms with Crippen LogP contribution in [0.4, 0.5) is 0 Å². The van der Waals surface area contributed by atoms with Crippen LogP contribution in [0.25, 0.3) is 0 Å². The van der Waals surface area contributed by atoms with E-state index in [1.54, 1.807) is 28.6 Å². The minimum Gasteiger partial charge on any atom is -0.494 e. The van der Waals surface area contributed by atoms with Gasteiger partial charge in [-0.25, -0.2) is 8.42 Å². The van der Waals surface area contributed by atoms with Gasteiger partial charge in [-0.1, -0.05) is 37.6 Å². The Hall–Kier alpha value is -1.85. The molecule has 2 aromatic carbocycles. The lowest BCUT2D eigenvalue weighted by Crippen LogP contribution is -2.35. The van der Waals surface area contributed by atoms with Crippen molar-refractivity contribution in [1.82, 2.24) is 4.31 Å². The molecule has 0 spiro atoms. The lowest BCUT2D eigenvalue weighted by molar-refractivity contribution is 0.309. The average Bonchev–Trinajstić information content (AvgIpc) is 2.62. The molecule has 0 radical (unpaired) electrons. The van der Waals surface area contributed by atoms with Crippen LogP contribution >= 0.6 is 0 Å². The summed E-state index contributed by atoms with van der Waals surface area (Å²) in [5, 5.41) is 0. The molecule has 0 bridgehead atoms. The van der Waals surface area contributed by atoms with Gasteiger partial charge in [0.1, 0.15) is 5.75 Å². The highest BCUT2D eigenvalue weighted by atomic mass is 32.2. The van der Waals surface area contributed by atoms with E-state index in [0.717, 1.165) is 24.8 Å². The van der Waals surface area contributed by atoms with Gasteiger partial charge in [-0.3, -0.25) is 0 Å². The van der Waals surface area contributed by atoms with E-state index in [9.17, 15) is 8.42 Å². The molecule has 0 amide bonds. The van der Waals surface area contributed by atoms with Gasteiger partial charge in [-0.15, -0.1) is 0 Å². The van der Waals surface area contributed by atoms with Crippen LogP contribution in [0.2, 0.25) is 0 Å². The van der Waals surface area contributed by atoms with E-state index in [-0.39, 0.29) is 0 Å². The second-order valence-electron chi connectivity index (χ2n) is 6.03. The molecule has 128 valence electrons. The van der Waals surface area contributed by atoms with Crippen LogP contribution in [-0.2, 0) is 23.0 Å². The molecular weight excluding hydrogens is 322 g/mol. The van der Waals surface area contributed by atoms with Gasteiger partial charge in [0.25, 0.3) is 0 Å². The molecule has 0 unspecified atom stereocenters. The van der Waals surface area contributed by atoms with Crippen molar-refractivity contribution >= 4 is 10.0 Å². The summed E-state index contributed by atoms with van der Waals surface area (Å²) < 4.78 is 32.9. The number of sulfonamides is 1. The van der Waals surface area contributed by atoms with E-state index in [4.69, 9.17) is 4.74 Å². The first-order valence-electron chi connectivity index (χ1n) is 8.41. The number of benzene rings is 2. The molecule has 0 atom stereocenters. The SMILES string of the molecule is CCCCOc1ccc(S(=O)(=O)N2CCc3ccccc3C2)cc1. The number of hydrogen-bond donors (Lipinski definition) is 0. The minimum atomic E-state index is -3.47. The predicted octanol–water partition coefficient (Wildman–Crippen LogP) is 3.61. The maximum absolute atomic E-state index is 12.9. The zero-order valence-electron chi connectivity index (χ0n) is 13.9. The predicted molar refractivity (Wildman–Crippen MR) is 94.6 cm³/mol. The Kier molecular flexibility index (Phi) is 5.21. The third-order valence-corrected chi connectivity index (χ3v) is 6.18. The fraction of sp³-hybridized carbons (Fsp3) is 0.368. The van der Waals surface area contributed by atoms with Crippen molar-refractivity contribution in [3.63, 3.8) is 0 Å². The summed E-state index contributed by atoms with van der Waals surface area (Å²) >= 11 is 0. The van der Waals surface area contributed by atoms with Crippen molar-refractivity contribution in [2.24, 2.45) is 0 Å². The van der Waals surface area contributed by atoms with E-state index in [1.807, 2.05) is 18.2 Å². The fourth-order valence-corrected chi connectivity index (χ4v) is 4.29. The van der Waals surface area contributed by atoms with Gasteiger partial charge in [0.2, 0.25) is 10.0 Å². The summed E-state index contributed by atoms with van der Waals surface area (Å²) in [4.78, 5) is 0.324. The van der Waals surface area contributed by atoms with Gasteiger partial charge < -0.3 is 4.74 Å². The molecule has 5 heteroatoms. The first-order chi connectivity index (χ1) is 11.6. The monoisotopic (exact) mass is 345 g/mol. The molecule has 0 aliphatic carbocycles. The van der Waals surface area contributed by atoms with Crippen molar-refractivity contribution in [2.45, 2.75) is 37.6 Å². The van der Waals surface area contributed by atoms with E-state index in [2.05, 4.69) is 13.0 Å². The molecule has 2 aromatic rings. The molecular formula is C19H23NO3S. The molecule has 0 fully saturated rings. The normalized spacial score (nSPS) is 15.0.